The monoisotopic (exact) mass is 492 g/mol. The fourth-order valence-corrected chi connectivity index (χ4v) is 4.59. The van der Waals surface area contributed by atoms with Crippen molar-refractivity contribution < 1.29 is 0 Å². The highest BCUT2D eigenvalue weighted by atomic mass is 15.1. The Balaban J connectivity index is 1.31. The summed E-state index contributed by atoms with van der Waals surface area (Å²) in [5, 5.41) is 3.51. The van der Waals surface area contributed by atoms with Gasteiger partial charge in [-0.15, -0.1) is 0 Å². The van der Waals surface area contributed by atoms with E-state index in [0.29, 0.717) is 0 Å². The Hall–Kier alpha value is -4.82. The van der Waals surface area contributed by atoms with Crippen molar-refractivity contribution in [2.75, 3.05) is 10.2 Å². The Morgan fingerprint density at radius 1 is 0.500 bits per heavy atom. The fraction of sp³-hybridized carbons (Fsp3) is 0.0556. The van der Waals surface area contributed by atoms with Crippen molar-refractivity contribution in [2.45, 2.75) is 13.8 Å². The van der Waals surface area contributed by atoms with E-state index in [1.807, 2.05) is 19.1 Å². The minimum atomic E-state index is 1.07. The minimum absolute atomic E-state index is 1.07. The zero-order valence-corrected chi connectivity index (χ0v) is 21.9. The first-order valence-electron chi connectivity index (χ1n) is 13.0. The van der Waals surface area contributed by atoms with Crippen LogP contribution in [0.2, 0.25) is 0 Å². The SMILES string of the molecule is C/C=C\C(=C/C)N(c1ccccc1)c1ccc(-c2ccc(Nc3ccc(-c4ccccc4)cc3)cc2)cc1. The molecule has 0 bridgehead atoms. The summed E-state index contributed by atoms with van der Waals surface area (Å²) in [7, 11) is 0. The first-order valence-corrected chi connectivity index (χ1v) is 13.0. The molecule has 0 heterocycles. The Labute approximate surface area is 226 Å². The molecule has 0 unspecified atom stereocenters. The first kappa shape index (κ1) is 24.9. The van der Waals surface area contributed by atoms with Gasteiger partial charge in [-0.3, -0.25) is 0 Å². The molecule has 5 aromatic rings. The molecule has 0 fully saturated rings. The summed E-state index contributed by atoms with van der Waals surface area (Å²) in [5.74, 6) is 0. The lowest BCUT2D eigenvalue weighted by atomic mass is 10.0. The van der Waals surface area contributed by atoms with Crippen LogP contribution in [-0.4, -0.2) is 0 Å². The molecule has 0 aliphatic heterocycles. The maximum absolute atomic E-state index is 3.51. The third kappa shape index (κ3) is 5.77. The number of allylic oxidation sites excluding steroid dienone is 3. The Morgan fingerprint density at radius 3 is 1.39 bits per heavy atom. The van der Waals surface area contributed by atoms with Gasteiger partial charge in [0.2, 0.25) is 0 Å². The number of para-hydroxylation sites is 1. The van der Waals surface area contributed by atoms with Gasteiger partial charge in [-0.05, 0) is 90.7 Å². The lowest BCUT2D eigenvalue weighted by molar-refractivity contribution is 1.20. The molecule has 0 aliphatic carbocycles. The lowest BCUT2D eigenvalue weighted by Crippen LogP contribution is -2.14. The predicted octanol–water partition coefficient (Wildman–Crippen LogP) is 10.4. The molecule has 5 rings (SSSR count). The number of nitrogens with zero attached hydrogens (tertiary/aromatic N) is 1. The van der Waals surface area contributed by atoms with Gasteiger partial charge < -0.3 is 10.2 Å². The highest BCUT2D eigenvalue weighted by Crippen LogP contribution is 2.33. The summed E-state index contributed by atoms with van der Waals surface area (Å²) in [5.41, 5.74) is 10.4. The van der Waals surface area contributed by atoms with Crippen molar-refractivity contribution in [3.63, 3.8) is 0 Å². The van der Waals surface area contributed by atoms with Crippen LogP contribution in [0.25, 0.3) is 22.3 Å². The fourth-order valence-electron chi connectivity index (χ4n) is 4.59. The number of nitrogens with one attached hydrogen (secondary N) is 1. The maximum Gasteiger partial charge on any atom is 0.0461 e. The van der Waals surface area contributed by atoms with Crippen molar-refractivity contribution in [1.29, 1.82) is 0 Å². The number of hydrogen-bond donors (Lipinski definition) is 1. The van der Waals surface area contributed by atoms with Gasteiger partial charge in [-0.2, -0.15) is 0 Å². The Bertz CT molecular complexity index is 1500. The number of anilines is 4. The lowest BCUT2D eigenvalue weighted by Gasteiger charge is -2.26. The van der Waals surface area contributed by atoms with Crippen LogP contribution in [0.15, 0.2) is 157 Å². The van der Waals surface area contributed by atoms with Crippen LogP contribution in [0.3, 0.4) is 0 Å². The van der Waals surface area contributed by atoms with Gasteiger partial charge in [0.1, 0.15) is 0 Å². The second-order valence-electron chi connectivity index (χ2n) is 9.08. The number of benzene rings is 5. The standard InChI is InChI=1S/C36H32N2/c1-3-11-34(4-2)38(35-14-9-6-10-15-35)36-26-20-31(21-27-36)30-18-24-33(25-19-30)37-32-22-16-29(17-23-32)28-12-7-5-8-13-28/h3-27,37H,1-2H3/b11-3-,34-4+. The maximum atomic E-state index is 3.51. The Kier molecular flexibility index (Phi) is 7.81. The first-order chi connectivity index (χ1) is 18.7. The highest BCUT2D eigenvalue weighted by Gasteiger charge is 2.12. The molecular formula is C36H32N2. The van der Waals surface area contributed by atoms with E-state index in [1.165, 1.54) is 22.3 Å². The van der Waals surface area contributed by atoms with Crippen LogP contribution in [0.1, 0.15) is 13.8 Å². The molecule has 2 heteroatoms. The smallest absolute Gasteiger partial charge is 0.0461 e. The number of hydrogen-bond acceptors (Lipinski definition) is 2. The number of rotatable bonds is 8. The van der Waals surface area contributed by atoms with Gasteiger partial charge in [0, 0.05) is 28.4 Å². The van der Waals surface area contributed by atoms with Gasteiger partial charge in [-0.25, -0.2) is 0 Å². The van der Waals surface area contributed by atoms with E-state index in [4.69, 9.17) is 0 Å². The summed E-state index contributed by atoms with van der Waals surface area (Å²) in [6.45, 7) is 4.13. The van der Waals surface area contributed by atoms with Crippen molar-refractivity contribution >= 4 is 22.7 Å². The van der Waals surface area contributed by atoms with Crippen LogP contribution in [-0.2, 0) is 0 Å². The molecule has 0 spiro atoms. The van der Waals surface area contributed by atoms with Crippen molar-refractivity contribution in [1.82, 2.24) is 0 Å². The van der Waals surface area contributed by atoms with E-state index in [2.05, 4.69) is 157 Å². The van der Waals surface area contributed by atoms with E-state index in [9.17, 15) is 0 Å². The van der Waals surface area contributed by atoms with Crippen LogP contribution < -0.4 is 10.2 Å². The summed E-state index contributed by atoms with van der Waals surface area (Å²) in [4.78, 5) is 2.28. The van der Waals surface area contributed by atoms with E-state index in [0.717, 1.165) is 28.4 Å². The molecule has 2 nitrogen and oxygen atoms in total. The highest BCUT2D eigenvalue weighted by molar-refractivity contribution is 5.75. The molecule has 0 aromatic heterocycles. The molecule has 0 saturated carbocycles. The molecule has 0 radical (unpaired) electrons. The van der Waals surface area contributed by atoms with Crippen molar-refractivity contribution in [3.8, 4) is 22.3 Å². The molecule has 0 saturated heterocycles. The van der Waals surface area contributed by atoms with Gasteiger partial charge in [0.05, 0.1) is 0 Å². The van der Waals surface area contributed by atoms with Crippen LogP contribution in [0.5, 0.6) is 0 Å². The average Bonchev–Trinajstić information content (AvgIpc) is 2.99. The van der Waals surface area contributed by atoms with E-state index in [-0.39, 0.29) is 0 Å². The van der Waals surface area contributed by atoms with Crippen LogP contribution in [0.4, 0.5) is 22.7 Å². The molecule has 0 amide bonds. The van der Waals surface area contributed by atoms with Crippen molar-refractivity contribution in [3.05, 3.63) is 157 Å². The summed E-state index contributed by atoms with van der Waals surface area (Å²) < 4.78 is 0. The van der Waals surface area contributed by atoms with E-state index >= 15 is 0 Å². The largest absolute Gasteiger partial charge is 0.356 e. The third-order valence-corrected chi connectivity index (χ3v) is 6.53. The second kappa shape index (κ2) is 11.9. The normalized spacial score (nSPS) is 11.5. The van der Waals surface area contributed by atoms with E-state index in [1.54, 1.807) is 0 Å². The van der Waals surface area contributed by atoms with Gasteiger partial charge >= 0.3 is 0 Å². The van der Waals surface area contributed by atoms with Crippen molar-refractivity contribution in [2.24, 2.45) is 0 Å². The van der Waals surface area contributed by atoms with Gasteiger partial charge in [0.15, 0.2) is 0 Å². The molecule has 186 valence electrons. The zero-order valence-electron chi connectivity index (χ0n) is 21.9. The predicted molar refractivity (Wildman–Crippen MR) is 164 cm³/mol. The summed E-state index contributed by atoms with van der Waals surface area (Å²) >= 11 is 0. The van der Waals surface area contributed by atoms with Gasteiger partial charge in [0.25, 0.3) is 0 Å². The molecule has 0 atom stereocenters. The van der Waals surface area contributed by atoms with E-state index < -0.39 is 0 Å². The molecule has 0 aliphatic rings. The topological polar surface area (TPSA) is 15.3 Å². The Morgan fingerprint density at radius 2 is 0.921 bits per heavy atom. The van der Waals surface area contributed by atoms with Crippen LogP contribution in [0, 0.1) is 0 Å². The molecule has 38 heavy (non-hydrogen) atoms. The summed E-state index contributed by atoms with van der Waals surface area (Å²) in [6.07, 6.45) is 6.36. The second-order valence-corrected chi connectivity index (χ2v) is 9.08. The quantitative estimate of drug-likeness (QED) is 0.217. The third-order valence-electron chi connectivity index (χ3n) is 6.53. The molecule has 5 aromatic carbocycles. The zero-order chi connectivity index (χ0) is 26.2. The minimum Gasteiger partial charge on any atom is -0.356 e. The average molecular weight is 493 g/mol. The summed E-state index contributed by atoms with van der Waals surface area (Å²) in [6, 6.07) is 46.9. The molecule has 1 N–H and O–H groups in total. The van der Waals surface area contributed by atoms with Gasteiger partial charge in [-0.1, -0.05) is 97.1 Å². The molecular weight excluding hydrogens is 460 g/mol. The van der Waals surface area contributed by atoms with Crippen LogP contribution >= 0.6 is 0 Å².